The van der Waals surface area contributed by atoms with Crippen LogP contribution in [0.1, 0.15) is 36.5 Å². The molecule has 1 fully saturated rings. The molecule has 2 aliphatic heterocycles. The minimum absolute atomic E-state index is 0.0688. The number of aromatic nitrogens is 2. The van der Waals surface area contributed by atoms with E-state index in [1.54, 1.807) is 50.5 Å². The molecule has 176 valence electrons. The third-order valence-corrected chi connectivity index (χ3v) is 6.33. The van der Waals surface area contributed by atoms with Crippen LogP contribution in [0.25, 0.3) is 0 Å². The molecule has 0 aliphatic carbocycles. The fourth-order valence-electron chi connectivity index (χ4n) is 4.55. The Balaban J connectivity index is 1.70. The molecule has 0 spiro atoms. The van der Waals surface area contributed by atoms with Crippen molar-refractivity contribution in [1.82, 2.24) is 20.6 Å². The van der Waals surface area contributed by atoms with Gasteiger partial charge in [0.2, 0.25) is 11.9 Å². The van der Waals surface area contributed by atoms with E-state index in [2.05, 4.69) is 25.8 Å². The Kier molecular flexibility index (Phi) is 6.64. The van der Waals surface area contributed by atoms with Crippen molar-refractivity contribution in [3.8, 4) is 5.75 Å². The Morgan fingerprint density at radius 1 is 1.30 bits per heavy atom. The van der Waals surface area contributed by atoms with Gasteiger partial charge in [0.1, 0.15) is 17.5 Å². The molecule has 10 nitrogen and oxygen atoms in total. The van der Waals surface area contributed by atoms with Gasteiger partial charge in [-0.1, -0.05) is 6.92 Å². The summed E-state index contributed by atoms with van der Waals surface area (Å²) < 4.78 is 5.48. The van der Waals surface area contributed by atoms with E-state index in [0.29, 0.717) is 35.1 Å². The lowest BCUT2D eigenvalue weighted by atomic mass is 9.98. The number of fused-ring (bicyclic) bond motifs is 1. The Morgan fingerprint density at radius 3 is 2.73 bits per heavy atom. The van der Waals surface area contributed by atoms with E-state index in [9.17, 15) is 9.59 Å². The number of methoxy groups -OCH3 is 1. The molecule has 1 aromatic carbocycles. The Hall–Kier alpha value is -3.40. The average Bonchev–Trinajstić information content (AvgIpc) is 2.86. The van der Waals surface area contributed by atoms with Gasteiger partial charge in [0.25, 0.3) is 5.91 Å². The van der Waals surface area contributed by atoms with E-state index in [0.717, 1.165) is 31.7 Å². The van der Waals surface area contributed by atoms with E-state index in [4.69, 9.17) is 9.72 Å². The van der Waals surface area contributed by atoms with E-state index < -0.39 is 0 Å². The molecule has 2 aromatic rings. The van der Waals surface area contributed by atoms with Crippen LogP contribution in [-0.4, -0.2) is 68.2 Å². The standard InChI is InChI=1S/C23H31N7O3/c1-5-17-22(32)29(3)18-13-26-23(28-20(18)30(17)15-8-10-25-11-9-15)27-16-7-6-14(21(31)24-2)12-19(16)33-4/h6-7,12-13,15,17,25H,5,8-11H2,1-4H3,(H,24,31)(H,26,27,28)/t17-/m1/s1. The van der Waals surface area contributed by atoms with Crippen LogP contribution in [0.15, 0.2) is 24.4 Å². The molecule has 1 aromatic heterocycles. The predicted octanol–water partition coefficient (Wildman–Crippen LogP) is 1.90. The molecule has 2 amide bonds. The van der Waals surface area contributed by atoms with Crippen LogP contribution < -0.4 is 30.5 Å². The van der Waals surface area contributed by atoms with Crippen molar-refractivity contribution in [2.45, 2.75) is 38.3 Å². The maximum absolute atomic E-state index is 13.1. The number of piperidine rings is 1. The number of amides is 2. The van der Waals surface area contributed by atoms with Gasteiger partial charge in [0.05, 0.1) is 19.0 Å². The third-order valence-electron chi connectivity index (χ3n) is 6.33. The van der Waals surface area contributed by atoms with Gasteiger partial charge in [-0.05, 0) is 50.6 Å². The van der Waals surface area contributed by atoms with Crippen LogP contribution in [0, 0.1) is 0 Å². The van der Waals surface area contributed by atoms with Crippen molar-refractivity contribution in [3.05, 3.63) is 30.0 Å². The van der Waals surface area contributed by atoms with Gasteiger partial charge in [-0.15, -0.1) is 0 Å². The van der Waals surface area contributed by atoms with Crippen LogP contribution in [0.3, 0.4) is 0 Å². The van der Waals surface area contributed by atoms with Crippen molar-refractivity contribution in [3.63, 3.8) is 0 Å². The predicted molar refractivity (Wildman–Crippen MR) is 128 cm³/mol. The van der Waals surface area contributed by atoms with E-state index >= 15 is 0 Å². The van der Waals surface area contributed by atoms with Gasteiger partial charge in [-0.3, -0.25) is 9.59 Å². The molecule has 0 bridgehead atoms. The van der Waals surface area contributed by atoms with Crippen molar-refractivity contribution in [2.75, 3.05) is 49.4 Å². The average molecular weight is 454 g/mol. The first-order valence-corrected chi connectivity index (χ1v) is 11.3. The molecule has 3 heterocycles. The second-order valence-electron chi connectivity index (χ2n) is 8.23. The molecule has 0 unspecified atom stereocenters. The minimum atomic E-state index is -0.255. The Labute approximate surface area is 193 Å². The second kappa shape index (κ2) is 9.62. The summed E-state index contributed by atoms with van der Waals surface area (Å²) in [6.07, 6.45) is 4.30. The van der Waals surface area contributed by atoms with Gasteiger partial charge < -0.3 is 30.5 Å². The van der Waals surface area contributed by atoms with Gasteiger partial charge in [0.15, 0.2) is 5.82 Å². The quantitative estimate of drug-likeness (QED) is 0.608. The highest BCUT2D eigenvalue weighted by Gasteiger charge is 2.40. The largest absolute Gasteiger partial charge is 0.495 e. The van der Waals surface area contributed by atoms with E-state index in [1.165, 1.54) is 0 Å². The van der Waals surface area contributed by atoms with Crippen LogP contribution in [-0.2, 0) is 4.79 Å². The summed E-state index contributed by atoms with van der Waals surface area (Å²) >= 11 is 0. The summed E-state index contributed by atoms with van der Waals surface area (Å²) in [4.78, 5) is 38.2. The van der Waals surface area contributed by atoms with Crippen LogP contribution in [0.2, 0.25) is 0 Å². The van der Waals surface area contributed by atoms with E-state index in [1.807, 2.05) is 6.92 Å². The smallest absolute Gasteiger partial charge is 0.251 e. The molecule has 33 heavy (non-hydrogen) atoms. The second-order valence-corrected chi connectivity index (χ2v) is 8.23. The number of ether oxygens (including phenoxy) is 1. The fourth-order valence-corrected chi connectivity index (χ4v) is 4.55. The third kappa shape index (κ3) is 4.30. The first-order chi connectivity index (χ1) is 16.0. The summed E-state index contributed by atoms with van der Waals surface area (Å²) in [5.41, 5.74) is 1.84. The molecule has 0 saturated carbocycles. The van der Waals surface area contributed by atoms with Crippen LogP contribution in [0.4, 0.5) is 23.1 Å². The number of nitrogens with one attached hydrogen (secondary N) is 3. The number of hydrogen-bond acceptors (Lipinski definition) is 8. The first-order valence-electron chi connectivity index (χ1n) is 11.3. The summed E-state index contributed by atoms with van der Waals surface area (Å²) in [6, 6.07) is 5.12. The molecule has 3 N–H and O–H groups in total. The molecular formula is C23H31N7O3. The molecule has 0 radical (unpaired) electrons. The molecule has 1 saturated heterocycles. The number of hydrogen-bond donors (Lipinski definition) is 3. The molecule has 2 aliphatic rings. The van der Waals surface area contributed by atoms with Crippen LogP contribution >= 0.6 is 0 Å². The lowest BCUT2D eigenvalue weighted by Gasteiger charge is -2.45. The van der Waals surface area contributed by atoms with Gasteiger partial charge >= 0.3 is 0 Å². The van der Waals surface area contributed by atoms with Crippen molar-refractivity contribution in [1.29, 1.82) is 0 Å². The number of carbonyl (C=O) groups is 2. The topological polar surface area (TPSA) is 112 Å². The number of rotatable bonds is 6. The highest BCUT2D eigenvalue weighted by atomic mass is 16.5. The minimum Gasteiger partial charge on any atom is -0.495 e. The lowest BCUT2D eigenvalue weighted by Crippen LogP contribution is -2.58. The summed E-state index contributed by atoms with van der Waals surface area (Å²) in [6.45, 7) is 3.87. The molecule has 1 atom stereocenters. The highest BCUT2D eigenvalue weighted by molar-refractivity contribution is 6.04. The summed E-state index contributed by atoms with van der Waals surface area (Å²) in [5, 5.41) is 9.22. The van der Waals surface area contributed by atoms with Crippen LogP contribution in [0.5, 0.6) is 5.75 Å². The Morgan fingerprint density at radius 2 is 2.06 bits per heavy atom. The first kappa shape index (κ1) is 22.8. The fraction of sp³-hybridized carbons (Fsp3) is 0.478. The number of carbonyl (C=O) groups excluding carboxylic acids is 2. The normalized spacial score (nSPS) is 18.7. The summed E-state index contributed by atoms with van der Waals surface area (Å²) in [5.74, 6) is 1.54. The Bertz CT molecular complexity index is 1040. The molecular weight excluding hydrogens is 422 g/mol. The maximum atomic E-state index is 13.1. The van der Waals surface area contributed by atoms with Crippen molar-refractivity contribution < 1.29 is 14.3 Å². The van der Waals surface area contributed by atoms with Gasteiger partial charge in [-0.2, -0.15) is 4.98 Å². The number of benzene rings is 1. The number of likely N-dealkylation sites (N-methyl/N-ethyl adjacent to an activating group) is 1. The maximum Gasteiger partial charge on any atom is 0.251 e. The zero-order chi connectivity index (χ0) is 23.5. The zero-order valence-corrected chi connectivity index (χ0v) is 19.5. The zero-order valence-electron chi connectivity index (χ0n) is 19.5. The molecule has 4 rings (SSSR count). The van der Waals surface area contributed by atoms with Crippen molar-refractivity contribution >= 4 is 35.0 Å². The monoisotopic (exact) mass is 453 g/mol. The number of anilines is 4. The lowest BCUT2D eigenvalue weighted by molar-refractivity contribution is -0.120. The molecule has 10 heteroatoms. The van der Waals surface area contributed by atoms with Gasteiger partial charge in [-0.25, -0.2) is 4.98 Å². The number of nitrogens with zero attached hydrogens (tertiary/aromatic N) is 4. The van der Waals surface area contributed by atoms with E-state index in [-0.39, 0.29) is 23.9 Å². The highest BCUT2D eigenvalue weighted by Crippen LogP contribution is 2.38. The van der Waals surface area contributed by atoms with Gasteiger partial charge in [0, 0.05) is 25.7 Å². The summed E-state index contributed by atoms with van der Waals surface area (Å²) in [7, 11) is 4.91. The van der Waals surface area contributed by atoms with Crippen molar-refractivity contribution in [2.24, 2.45) is 0 Å². The SMILES string of the molecule is CC[C@@H]1C(=O)N(C)c2cnc(Nc3ccc(C(=O)NC)cc3OC)nc2N1C1CCNCC1.